The zero-order valence-corrected chi connectivity index (χ0v) is 18.6. The third-order valence-corrected chi connectivity index (χ3v) is 3.43. The van der Waals surface area contributed by atoms with Gasteiger partial charge in [0.15, 0.2) is 5.82 Å². The molecule has 0 aliphatic carbocycles. The van der Waals surface area contributed by atoms with Crippen LogP contribution in [0.25, 0.3) is 11.4 Å². The third kappa shape index (κ3) is 7.58. The van der Waals surface area contributed by atoms with Crippen LogP contribution in [0.5, 0.6) is 0 Å². The lowest BCUT2D eigenvalue weighted by Gasteiger charge is -2.11. The molecule has 0 aliphatic rings. The number of hydrogen-bond donors (Lipinski definition) is 4. The standard InChI is InChI=1S/C13H16BrN5O.3C2H6/c1-2-3-7-6-8(14)4-5-9(7)11-17-12(19-16)10(15)13(20)18-11;3*1-2/h4-6H,2-3,15-16H2,1H3,(H2,17,18,19,20);3*1-2H3. The van der Waals surface area contributed by atoms with Crippen LogP contribution in [-0.4, -0.2) is 9.97 Å². The summed E-state index contributed by atoms with van der Waals surface area (Å²) in [5, 5.41) is 0. The Morgan fingerprint density at radius 3 is 2.23 bits per heavy atom. The molecule has 1 heterocycles. The highest BCUT2D eigenvalue weighted by Crippen LogP contribution is 2.26. The molecule has 148 valence electrons. The van der Waals surface area contributed by atoms with Crippen molar-refractivity contribution in [3.8, 4) is 11.4 Å². The van der Waals surface area contributed by atoms with E-state index in [0.717, 1.165) is 28.4 Å². The van der Waals surface area contributed by atoms with E-state index in [1.165, 1.54) is 0 Å². The van der Waals surface area contributed by atoms with Crippen molar-refractivity contribution in [2.45, 2.75) is 61.3 Å². The molecule has 0 aliphatic heterocycles. The van der Waals surface area contributed by atoms with Crippen molar-refractivity contribution >= 4 is 27.4 Å². The van der Waals surface area contributed by atoms with Crippen molar-refractivity contribution in [3.05, 3.63) is 38.6 Å². The summed E-state index contributed by atoms with van der Waals surface area (Å²) in [5.74, 6) is 5.96. The van der Waals surface area contributed by atoms with Crippen LogP contribution < -0.4 is 22.6 Å². The van der Waals surface area contributed by atoms with Crippen molar-refractivity contribution in [2.75, 3.05) is 11.2 Å². The zero-order valence-electron chi connectivity index (χ0n) is 17.0. The van der Waals surface area contributed by atoms with Crippen LogP contribution in [-0.2, 0) is 6.42 Å². The molecule has 0 fully saturated rings. The van der Waals surface area contributed by atoms with E-state index in [2.05, 4.69) is 38.2 Å². The predicted molar refractivity (Wildman–Crippen MR) is 118 cm³/mol. The monoisotopic (exact) mass is 427 g/mol. The quantitative estimate of drug-likeness (QED) is 0.400. The Morgan fingerprint density at radius 1 is 1.15 bits per heavy atom. The van der Waals surface area contributed by atoms with Gasteiger partial charge >= 0.3 is 0 Å². The lowest BCUT2D eigenvalue weighted by atomic mass is 10.0. The summed E-state index contributed by atoms with van der Waals surface area (Å²) in [5.41, 5.74) is 9.48. The highest BCUT2D eigenvalue weighted by molar-refractivity contribution is 9.10. The number of nitrogen functional groups attached to an aromatic ring is 2. The second-order valence-corrected chi connectivity index (χ2v) is 5.29. The molecule has 1 aromatic carbocycles. The third-order valence-electron chi connectivity index (χ3n) is 2.93. The molecule has 1 aromatic heterocycles. The lowest BCUT2D eigenvalue weighted by molar-refractivity contribution is 0.919. The van der Waals surface area contributed by atoms with Gasteiger partial charge in [-0.3, -0.25) is 4.79 Å². The first kappa shape index (κ1) is 26.4. The molecule has 0 radical (unpaired) electrons. The zero-order chi connectivity index (χ0) is 20.7. The number of rotatable bonds is 4. The topological polar surface area (TPSA) is 110 Å². The minimum absolute atomic E-state index is 0.0228. The van der Waals surface area contributed by atoms with Crippen molar-refractivity contribution in [2.24, 2.45) is 5.84 Å². The smallest absolute Gasteiger partial charge is 0.276 e. The van der Waals surface area contributed by atoms with Crippen molar-refractivity contribution < 1.29 is 0 Å². The lowest BCUT2D eigenvalue weighted by Crippen LogP contribution is -2.20. The van der Waals surface area contributed by atoms with Crippen molar-refractivity contribution in [1.82, 2.24) is 9.97 Å². The Balaban J connectivity index is 0. The van der Waals surface area contributed by atoms with E-state index in [-0.39, 0.29) is 11.5 Å². The van der Waals surface area contributed by atoms with Gasteiger partial charge in [0.2, 0.25) is 0 Å². The number of nitrogens with zero attached hydrogens (tertiary/aromatic N) is 1. The van der Waals surface area contributed by atoms with Gasteiger partial charge in [0.25, 0.3) is 5.56 Å². The maximum Gasteiger partial charge on any atom is 0.276 e. The fourth-order valence-corrected chi connectivity index (χ4v) is 2.40. The van der Waals surface area contributed by atoms with Gasteiger partial charge in [-0.2, -0.15) is 0 Å². The highest BCUT2D eigenvalue weighted by Gasteiger charge is 2.12. The number of nitrogens with two attached hydrogens (primary N) is 2. The van der Waals surface area contributed by atoms with E-state index in [1.807, 2.05) is 59.7 Å². The van der Waals surface area contributed by atoms with Crippen LogP contribution in [0.2, 0.25) is 0 Å². The summed E-state index contributed by atoms with van der Waals surface area (Å²) in [4.78, 5) is 18.7. The average molecular weight is 428 g/mol. The van der Waals surface area contributed by atoms with Gasteiger partial charge in [0.05, 0.1) is 0 Å². The predicted octanol–water partition coefficient (Wildman–Crippen LogP) is 5.10. The number of nitrogens with one attached hydrogen (secondary N) is 2. The molecule has 0 unspecified atom stereocenters. The Labute approximate surface area is 165 Å². The first-order valence-electron chi connectivity index (χ1n) is 9.22. The maximum absolute atomic E-state index is 11.8. The van der Waals surface area contributed by atoms with Crippen LogP contribution in [0.4, 0.5) is 11.5 Å². The van der Waals surface area contributed by atoms with Gasteiger partial charge in [-0.1, -0.05) is 70.8 Å². The largest absolute Gasteiger partial charge is 0.391 e. The van der Waals surface area contributed by atoms with Gasteiger partial charge in [0.1, 0.15) is 11.5 Å². The van der Waals surface area contributed by atoms with E-state index in [4.69, 9.17) is 11.6 Å². The molecule has 0 bridgehead atoms. The Morgan fingerprint density at radius 2 is 1.73 bits per heavy atom. The number of aryl methyl sites for hydroxylation is 1. The SMILES string of the molecule is CC.CC.CC.CCCc1cc(Br)ccc1-c1nc(NN)c(N)c(=O)[nH]1. The number of aromatic nitrogens is 2. The van der Waals surface area contributed by atoms with E-state index in [9.17, 15) is 4.79 Å². The number of hydrazine groups is 1. The first-order chi connectivity index (χ1) is 12.6. The van der Waals surface area contributed by atoms with E-state index in [0.29, 0.717) is 5.82 Å². The molecule has 0 atom stereocenters. The summed E-state index contributed by atoms with van der Waals surface area (Å²) < 4.78 is 0.986. The van der Waals surface area contributed by atoms with E-state index < -0.39 is 5.56 Å². The van der Waals surface area contributed by atoms with Crippen molar-refractivity contribution in [1.29, 1.82) is 0 Å². The van der Waals surface area contributed by atoms with Crippen LogP contribution in [0.1, 0.15) is 60.5 Å². The molecule has 2 aromatic rings. The second-order valence-electron chi connectivity index (χ2n) is 4.37. The van der Waals surface area contributed by atoms with Gasteiger partial charge < -0.3 is 16.1 Å². The van der Waals surface area contributed by atoms with Gasteiger partial charge in [-0.05, 0) is 30.2 Å². The number of aromatic amines is 1. The molecule has 6 N–H and O–H groups in total. The Kier molecular flexibility index (Phi) is 15.6. The van der Waals surface area contributed by atoms with Crippen LogP contribution in [0, 0.1) is 0 Å². The van der Waals surface area contributed by atoms with E-state index in [1.54, 1.807) is 0 Å². The molecule has 0 spiro atoms. The minimum Gasteiger partial charge on any atom is -0.391 e. The van der Waals surface area contributed by atoms with Gasteiger partial charge in [0, 0.05) is 10.0 Å². The molecule has 7 heteroatoms. The first-order valence-corrected chi connectivity index (χ1v) is 10.0. The highest BCUT2D eigenvalue weighted by atomic mass is 79.9. The molecule has 6 nitrogen and oxygen atoms in total. The number of anilines is 2. The minimum atomic E-state index is -0.409. The fraction of sp³-hybridized carbons (Fsp3) is 0.474. The van der Waals surface area contributed by atoms with Crippen LogP contribution in [0.15, 0.2) is 27.5 Å². The molecular weight excluding hydrogens is 394 g/mol. The van der Waals surface area contributed by atoms with Crippen LogP contribution >= 0.6 is 15.9 Å². The molecular formula is C19H34BrN5O. The number of benzene rings is 1. The van der Waals surface area contributed by atoms with Crippen molar-refractivity contribution in [3.63, 3.8) is 0 Å². The molecule has 2 rings (SSSR count). The summed E-state index contributed by atoms with van der Waals surface area (Å²) in [6.45, 7) is 14.1. The second kappa shape index (κ2) is 15.4. The number of halogens is 1. The summed E-state index contributed by atoms with van der Waals surface area (Å²) in [6, 6.07) is 5.83. The number of H-pyrrole nitrogens is 1. The Hall–Kier alpha value is -1.86. The number of hydrogen-bond acceptors (Lipinski definition) is 5. The maximum atomic E-state index is 11.8. The summed E-state index contributed by atoms with van der Waals surface area (Å²) in [7, 11) is 0. The molecule has 0 saturated carbocycles. The van der Waals surface area contributed by atoms with Gasteiger partial charge in [-0.15, -0.1) is 0 Å². The summed E-state index contributed by atoms with van der Waals surface area (Å²) in [6.07, 6.45) is 1.87. The normalized spacial score (nSPS) is 8.81. The fourth-order valence-electron chi connectivity index (χ4n) is 1.99. The Bertz CT molecular complexity index is 686. The molecule has 0 amide bonds. The molecule has 0 saturated heterocycles. The average Bonchev–Trinajstić information content (AvgIpc) is 2.69. The van der Waals surface area contributed by atoms with E-state index >= 15 is 0 Å². The van der Waals surface area contributed by atoms with Crippen LogP contribution in [0.3, 0.4) is 0 Å². The molecule has 26 heavy (non-hydrogen) atoms. The van der Waals surface area contributed by atoms with Gasteiger partial charge in [-0.25, -0.2) is 10.8 Å². The summed E-state index contributed by atoms with van der Waals surface area (Å²) >= 11 is 3.45.